The Kier molecular flexibility index (Phi) is 4.97. The molecule has 0 amide bonds. The molecule has 7 heteroatoms. The van der Waals surface area contributed by atoms with Crippen LogP contribution in [-0.2, 0) is 15.7 Å². The van der Waals surface area contributed by atoms with Crippen LogP contribution in [-0.4, -0.2) is 24.8 Å². The standard InChI is InChI=1S/C19H17F3N2O2/c1-26-18(25)17-12-11-16(13-5-3-2-4-6-13)23-24(17)15-9-7-14(8-10-15)19(20,21)22/h2-10,17H,11-12H2,1H3. The van der Waals surface area contributed by atoms with Crippen LogP contribution < -0.4 is 5.01 Å². The van der Waals surface area contributed by atoms with Gasteiger partial charge in [0.25, 0.3) is 0 Å². The molecule has 26 heavy (non-hydrogen) atoms. The van der Waals surface area contributed by atoms with E-state index in [0.717, 1.165) is 23.4 Å². The first-order valence-electron chi connectivity index (χ1n) is 8.07. The first-order valence-corrected chi connectivity index (χ1v) is 8.07. The number of hydrogen-bond donors (Lipinski definition) is 0. The molecule has 1 unspecified atom stereocenters. The molecule has 0 fully saturated rings. The summed E-state index contributed by atoms with van der Waals surface area (Å²) in [5.41, 5.74) is 1.33. The third-order valence-corrected chi connectivity index (χ3v) is 4.22. The summed E-state index contributed by atoms with van der Waals surface area (Å²) in [4.78, 5) is 12.1. The molecule has 0 saturated carbocycles. The molecule has 0 spiro atoms. The van der Waals surface area contributed by atoms with Crippen molar-refractivity contribution in [3.8, 4) is 0 Å². The molecule has 3 rings (SSSR count). The summed E-state index contributed by atoms with van der Waals surface area (Å²) < 4.78 is 43.2. The van der Waals surface area contributed by atoms with Crippen LogP contribution in [0.15, 0.2) is 59.7 Å². The highest BCUT2D eigenvalue weighted by atomic mass is 19.4. The fourth-order valence-electron chi connectivity index (χ4n) is 2.87. The molecule has 0 N–H and O–H groups in total. The van der Waals surface area contributed by atoms with Crippen LogP contribution in [0.2, 0.25) is 0 Å². The highest BCUT2D eigenvalue weighted by molar-refractivity contribution is 6.02. The molecule has 136 valence electrons. The number of nitrogens with zero attached hydrogens (tertiary/aromatic N) is 2. The largest absolute Gasteiger partial charge is 0.467 e. The van der Waals surface area contributed by atoms with E-state index in [4.69, 9.17) is 4.74 Å². The molecule has 0 aromatic heterocycles. The summed E-state index contributed by atoms with van der Waals surface area (Å²) >= 11 is 0. The molecular formula is C19H17F3N2O2. The fraction of sp³-hybridized carbons (Fsp3) is 0.263. The molecule has 1 heterocycles. The molecule has 1 aliphatic heterocycles. The van der Waals surface area contributed by atoms with E-state index in [1.54, 1.807) is 0 Å². The number of ether oxygens (including phenoxy) is 1. The van der Waals surface area contributed by atoms with Gasteiger partial charge in [-0.25, -0.2) is 4.79 Å². The number of hydrazone groups is 1. The van der Waals surface area contributed by atoms with E-state index in [9.17, 15) is 18.0 Å². The Bertz CT molecular complexity index is 802. The highest BCUT2D eigenvalue weighted by Gasteiger charge is 2.33. The van der Waals surface area contributed by atoms with E-state index in [2.05, 4.69) is 5.10 Å². The first kappa shape index (κ1) is 18.0. The van der Waals surface area contributed by atoms with Crippen molar-refractivity contribution in [1.82, 2.24) is 0 Å². The van der Waals surface area contributed by atoms with Crippen molar-refractivity contribution < 1.29 is 22.7 Å². The Morgan fingerprint density at radius 3 is 2.35 bits per heavy atom. The molecule has 4 nitrogen and oxygen atoms in total. The van der Waals surface area contributed by atoms with Gasteiger partial charge in [-0.05, 0) is 42.7 Å². The second kappa shape index (κ2) is 7.19. The number of methoxy groups -OCH3 is 1. The maximum atomic E-state index is 12.8. The van der Waals surface area contributed by atoms with Gasteiger partial charge in [-0.15, -0.1) is 0 Å². The Morgan fingerprint density at radius 2 is 1.77 bits per heavy atom. The summed E-state index contributed by atoms with van der Waals surface area (Å²) in [6.45, 7) is 0. The highest BCUT2D eigenvalue weighted by Crippen LogP contribution is 2.32. The van der Waals surface area contributed by atoms with Crippen LogP contribution in [0, 0.1) is 0 Å². The van der Waals surface area contributed by atoms with Crippen LogP contribution in [0.5, 0.6) is 0 Å². The van der Waals surface area contributed by atoms with Crippen LogP contribution in [0.1, 0.15) is 24.0 Å². The van der Waals surface area contributed by atoms with Gasteiger partial charge >= 0.3 is 12.1 Å². The van der Waals surface area contributed by atoms with E-state index in [1.165, 1.54) is 24.3 Å². The van der Waals surface area contributed by atoms with E-state index < -0.39 is 23.8 Å². The average Bonchev–Trinajstić information content (AvgIpc) is 2.67. The van der Waals surface area contributed by atoms with Crippen molar-refractivity contribution in [2.75, 3.05) is 12.1 Å². The lowest BCUT2D eigenvalue weighted by Gasteiger charge is -2.32. The smallest absolute Gasteiger partial charge is 0.416 e. The van der Waals surface area contributed by atoms with E-state index >= 15 is 0 Å². The van der Waals surface area contributed by atoms with Gasteiger partial charge in [0, 0.05) is 0 Å². The Hall–Kier alpha value is -2.83. The third-order valence-electron chi connectivity index (χ3n) is 4.22. The molecule has 1 aliphatic rings. The molecule has 0 radical (unpaired) electrons. The SMILES string of the molecule is COC(=O)C1CCC(c2ccccc2)=NN1c1ccc(C(F)(F)F)cc1. The predicted octanol–water partition coefficient (Wildman–Crippen LogP) is 4.25. The van der Waals surface area contributed by atoms with Gasteiger partial charge in [0.15, 0.2) is 6.04 Å². The number of anilines is 1. The summed E-state index contributed by atoms with van der Waals surface area (Å²) in [5.74, 6) is -0.472. The van der Waals surface area contributed by atoms with Gasteiger partial charge in [0.2, 0.25) is 0 Å². The van der Waals surface area contributed by atoms with Gasteiger partial charge in [-0.1, -0.05) is 30.3 Å². The minimum absolute atomic E-state index is 0.404. The maximum absolute atomic E-state index is 12.8. The Balaban J connectivity index is 1.98. The number of hydrogen-bond acceptors (Lipinski definition) is 4. The van der Waals surface area contributed by atoms with E-state index in [1.807, 2.05) is 30.3 Å². The number of esters is 1. The second-order valence-electron chi connectivity index (χ2n) is 5.88. The third kappa shape index (κ3) is 3.71. The number of benzene rings is 2. The van der Waals surface area contributed by atoms with Crippen molar-refractivity contribution >= 4 is 17.4 Å². The van der Waals surface area contributed by atoms with Crippen LogP contribution >= 0.6 is 0 Å². The fourth-order valence-corrected chi connectivity index (χ4v) is 2.87. The zero-order valence-corrected chi connectivity index (χ0v) is 14.0. The number of carbonyl (C=O) groups excluding carboxylic acids is 1. The molecular weight excluding hydrogens is 345 g/mol. The molecule has 2 aromatic carbocycles. The average molecular weight is 362 g/mol. The topological polar surface area (TPSA) is 41.9 Å². The van der Waals surface area contributed by atoms with E-state index in [-0.39, 0.29) is 0 Å². The minimum atomic E-state index is -4.42. The van der Waals surface area contributed by atoms with Gasteiger partial charge in [-0.2, -0.15) is 18.3 Å². The lowest BCUT2D eigenvalue weighted by molar-refractivity contribution is -0.142. The molecule has 2 aromatic rings. The van der Waals surface area contributed by atoms with Crippen LogP contribution in [0.3, 0.4) is 0 Å². The van der Waals surface area contributed by atoms with Crippen molar-refractivity contribution in [2.24, 2.45) is 5.10 Å². The number of alkyl halides is 3. The summed E-state index contributed by atoms with van der Waals surface area (Å²) in [5, 5.41) is 5.97. The number of halogens is 3. The minimum Gasteiger partial charge on any atom is -0.467 e. The predicted molar refractivity (Wildman–Crippen MR) is 91.9 cm³/mol. The Labute approximate surface area is 148 Å². The maximum Gasteiger partial charge on any atom is 0.416 e. The lowest BCUT2D eigenvalue weighted by Crippen LogP contribution is -2.42. The van der Waals surface area contributed by atoms with Gasteiger partial charge in [-0.3, -0.25) is 5.01 Å². The summed E-state index contributed by atoms with van der Waals surface area (Å²) in [6, 6.07) is 13.4. The number of carbonyl (C=O) groups is 1. The second-order valence-corrected chi connectivity index (χ2v) is 5.88. The van der Waals surface area contributed by atoms with Gasteiger partial charge in [0.1, 0.15) is 0 Å². The normalized spacial score (nSPS) is 17.6. The van der Waals surface area contributed by atoms with Crippen molar-refractivity contribution in [2.45, 2.75) is 25.1 Å². The van der Waals surface area contributed by atoms with Crippen LogP contribution in [0.25, 0.3) is 0 Å². The molecule has 0 aliphatic carbocycles. The van der Waals surface area contributed by atoms with Gasteiger partial charge in [0.05, 0.1) is 24.1 Å². The quantitative estimate of drug-likeness (QED) is 0.767. The molecule has 0 bridgehead atoms. The first-order chi connectivity index (χ1) is 12.4. The Morgan fingerprint density at radius 1 is 1.12 bits per heavy atom. The molecule has 1 atom stereocenters. The zero-order chi connectivity index (χ0) is 18.7. The van der Waals surface area contributed by atoms with Crippen LogP contribution in [0.4, 0.5) is 18.9 Å². The number of rotatable bonds is 3. The van der Waals surface area contributed by atoms with Gasteiger partial charge < -0.3 is 4.74 Å². The van der Waals surface area contributed by atoms with Crippen molar-refractivity contribution in [3.63, 3.8) is 0 Å². The van der Waals surface area contributed by atoms with Crippen molar-refractivity contribution in [3.05, 3.63) is 65.7 Å². The summed E-state index contributed by atoms with van der Waals surface area (Å²) in [6.07, 6.45) is -3.39. The zero-order valence-electron chi connectivity index (χ0n) is 14.0. The monoisotopic (exact) mass is 362 g/mol. The van der Waals surface area contributed by atoms with Crippen molar-refractivity contribution in [1.29, 1.82) is 0 Å². The van der Waals surface area contributed by atoms with E-state index in [0.29, 0.717) is 18.5 Å². The summed E-state index contributed by atoms with van der Waals surface area (Å²) in [7, 11) is 1.28. The molecule has 0 saturated heterocycles. The lowest BCUT2D eigenvalue weighted by atomic mass is 10.00.